The van der Waals surface area contributed by atoms with Crippen LogP contribution in [-0.4, -0.2) is 49.3 Å². The maximum Gasteiger partial charge on any atom is 0.220 e. The third kappa shape index (κ3) is 3.59. The van der Waals surface area contributed by atoms with Gasteiger partial charge in [0.25, 0.3) is 0 Å². The Hall–Kier alpha value is -3.52. The number of hydrogen-bond donors (Lipinski definition) is 2. The van der Waals surface area contributed by atoms with Gasteiger partial charge in [0.2, 0.25) is 5.91 Å². The highest BCUT2D eigenvalue weighted by Crippen LogP contribution is 2.31. The Balaban J connectivity index is 1.50. The molecular weight excluding hydrogens is 392 g/mol. The standard InChI is InChI=1S/C23H24N6O2/c1-15-10-21(28-8-6-23(31,7-9-28)12-20(24)30)27-22-18(14-26-29(15)22)17-11-16-4-2-3-5-19(16)25-13-17/h2-5,10-11,13-14,31H,6-9,12H2,1H3,(H2,24,30). The van der Waals surface area contributed by atoms with Crippen molar-refractivity contribution in [2.75, 3.05) is 18.0 Å². The number of hydrogen-bond acceptors (Lipinski definition) is 6. The fourth-order valence-corrected chi connectivity index (χ4v) is 4.33. The number of anilines is 1. The molecule has 0 saturated carbocycles. The third-order valence-corrected chi connectivity index (χ3v) is 6.06. The summed E-state index contributed by atoms with van der Waals surface area (Å²) in [7, 11) is 0. The molecule has 4 heterocycles. The van der Waals surface area contributed by atoms with E-state index in [2.05, 4.69) is 21.0 Å². The average molecular weight is 416 g/mol. The summed E-state index contributed by atoms with van der Waals surface area (Å²) < 4.78 is 1.83. The lowest BCUT2D eigenvalue weighted by atomic mass is 9.88. The molecule has 3 aromatic heterocycles. The van der Waals surface area contributed by atoms with E-state index in [-0.39, 0.29) is 6.42 Å². The number of primary amides is 1. The monoisotopic (exact) mass is 416 g/mol. The Morgan fingerprint density at radius 1 is 1.19 bits per heavy atom. The number of pyridine rings is 1. The van der Waals surface area contributed by atoms with E-state index in [9.17, 15) is 9.90 Å². The van der Waals surface area contributed by atoms with Gasteiger partial charge in [0.1, 0.15) is 5.82 Å². The summed E-state index contributed by atoms with van der Waals surface area (Å²) in [6, 6.07) is 12.1. The summed E-state index contributed by atoms with van der Waals surface area (Å²) >= 11 is 0. The first kappa shape index (κ1) is 19.4. The Bertz CT molecular complexity index is 1290. The Morgan fingerprint density at radius 2 is 1.97 bits per heavy atom. The van der Waals surface area contributed by atoms with Crippen molar-refractivity contribution in [3.05, 3.63) is 54.5 Å². The predicted octanol–water partition coefficient (Wildman–Crippen LogP) is 2.46. The van der Waals surface area contributed by atoms with Crippen molar-refractivity contribution in [2.24, 2.45) is 5.73 Å². The smallest absolute Gasteiger partial charge is 0.220 e. The van der Waals surface area contributed by atoms with Gasteiger partial charge in [-0.25, -0.2) is 9.50 Å². The summed E-state index contributed by atoms with van der Waals surface area (Å²) in [4.78, 5) is 22.9. The molecule has 1 amide bonds. The number of aryl methyl sites for hydroxylation is 1. The molecule has 158 valence electrons. The van der Waals surface area contributed by atoms with Gasteiger partial charge in [-0.1, -0.05) is 18.2 Å². The highest BCUT2D eigenvalue weighted by molar-refractivity contribution is 5.87. The van der Waals surface area contributed by atoms with Crippen LogP contribution in [0.3, 0.4) is 0 Å². The molecule has 5 rings (SSSR count). The van der Waals surface area contributed by atoms with Gasteiger partial charge < -0.3 is 15.7 Å². The van der Waals surface area contributed by atoms with Crippen LogP contribution in [0, 0.1) is 6.92 Å². The molecule has 31 heavy (non-hydrogen) atoms. The number of nitrogens with two attached hydrogens (primary N) is 1. The molecule has 0 bridgehead atoms. The van der Waals surface area contributed by atoms with E-state index in [4.69, 9.17) is 10.7 Å². The molecule has 0 radical (unpaired) electrons. The molecule has 1 aliphatic heterocycles. The second kappa shape index (κ2) is 7.31. The molecule has 8 heteroatoms. The normalized spacial score (nSPS) is 16.1. The average Bonchev–Trinajstić information content (AvgIpc) is 3.18. The van der Waals surface area contributed by atoms with E-state index >= 15 is 0 Å². The third-order valence-electron chi connectivity index (χ3n) is 6.06. The molecule has 0 spiro atoms. The Morgan fingerprint density at radius 3 is 2.74 bits per heavy atom. The van der Waals surface area contributed by atoms with Crippen LogP contribution in [0.1, 0.15) is 25.0 Å². The summed E-state index contributed by atoms with van der Waals surface area (Å²) in [5.74, 6) is 0.362. The van der Waals surface area contributed by atoms with Crippen LogP contribution >= 0.6 is 0 Å². The van der Waals surface area contributed by atoms with E-state index in [1.54, 1.807) is 0 Å². The first-order valence-electron chi connectivity index (χ1n) is 10.4. The molecular formula is C23H24N6O2. The first-order valence-corrected chi connectivity index (χ1v) is 10.4. The minimum atomic E-state index is -1.03. The molecule has 0 atom stereocenters. The second-order valence-electron chi connectivity index (χ2n) is 8.32. The lowest BCUT2D eigenvalue weighted by molar-refractivity contribution is -0.123. The van der Waals surface area contributed by atoms with Crippen molar-refractivity contribution >= 4 is 28.3 Å². The largest absolute Gasteiger partial charge is 0.389 e. The number of piperidine rings is 1. The predicted molar refractivity (Wildman–Crippen MR) is 119 cm³/mol. The fraction of sp³-hybridized carbons (Fsp3) is 0.304. The molecule has 1 aromatic carbocycles. The molecule has 3 N–H and O–H groups in total. The summed E-state index contributed by atoms with van der Waals surface area (Å²) in [6.45, 7) is 3.21. The topological polar surface area (TPSA) is 110 Å². The van der Waals surface area contributed by atoms with Gasteiger partial charge in [0, 0.05) is 47.6 Å². The van der Waals surface area contributed by atoms with Crippen LogP contribution in [-0.2, 0) is 4.79 Å². The summed E-state index contributed by atoms with van der Waals surface area (Å²) in [6.07, 6.45) is 4.62. The Kier molecular flexibility index (Phi) is 4.59. The van der Waals surface area contributed by atoms with Crippen molar-refractivity contribution in [3.8, 4) is 11.1 Å². The van der Waals surface area contributed by atoms with E-state index in [1.807, 2.05) is 54.2 Å². The number of amides is 1. The van der Waals surface area contributed by atoms with E-state index in [0.717, 1.165) is 39.2 Å². The zero-order valence-corrected chi connectivity index (χ0v) is 17.3. The van der Waals surface area contributed by atoms with Gasteiger partial charge >= 0.3 is 0 Å². The number of aromatic nitrogens is 4. The van der Waals surface area contributed by atoms with Crippen LogP contribution in [0.5, 0.6) is 0 Å². The highest BCUT2D eigenvalue weighted by Gasteiger charge is 2.34. The van der Waals surface area contributed by atoms with Crippen LogP contribution in [0.25, 0.3) is 27.7 Å². The van der Waals surface area contributed by atoms with E-state index < -0.39 is 11.5 Å². The molecule has 1 saturated heterocycles. The van der Waals surface area contributed by atoms with Gasteiger partial charge in [0.05, 0.1) is 23.7 Å². The number of para-hydroxylation sites is 1. The van der Waals surface area contributed by atoms with Gasteiger partial charge in [-0.3, -0.25) is 9.78 Å². The number of rotatable bonds is 4. The van der Waals surface area contributed by atoms with E-state index in [1.165, 1.54) is 0 Å². The van der Waals surface area contributed by atoms with Crippen molar-refractivity contribution in [1.29, 1.82) is 0 Å². The van der Waals surface area contributed by atoms with Gasteiger partial charge in [-0.05, 0) is 31.9 Å². The van der Waals surface area contributed by atoms with Gasteiger partial charge in [0.15, 0.2) is 5.65 Å². The SMILES string of the molecule is Cc1cc(N2CCC(O)(CC(N)=O)CC2)nc2c(-c3cnc4ccccc4c3)cnn12. The number of carbonyl (C=O) groups excluding carboxylic acids is 1. The molecule has 8 nitrogen and oxygen atoms in total. The first-order chi connectivity index (χ1) is 14.9. The number of carbonyl (C=O) groups is 1. The number of aliphatic hydroxyl groups is 1. The molecule has 0 aliphatic carbocycles. The van der Waals surface area contributed by atoms with Crippen molar-refractivity contribution in [2.45, 2.75) is 31.8 Å². The van der Waals surface area contributed by atoms with Gasteiger partial charge in [-0.15, -0.1) is 0 Å². The van der Waals surface area contributed by atoms with Crippen LogP contribution < -0.4 is 10.6 Å². The highest BCUT2D eigenvalue weighted by atomic mass is 16.3. The van der Waals surface area contributed by atoms with Crippen molar-refractivity contribution in [3.63, 3.8) is 0 Å². The quantitative estimate of drug-likeness (QED) is 0.529. The molecule has 1 fully saturated rings. The van der Waals surface area contributed by atoms with Gasteiger partial charge in [-0.2, -0.15) is 5.10 Å². The van der Waals surface area contributed by atoms with Crippen molar-refractivity contribution < 1.29 is 9.90 Å². The molecule has 1 aliphatic rings. The van der Waals surface area contributed by atoms with Crippen LogP contribution in [0.15, 0.2) is 48.8 Å². The summed E-state index contributed by atoms with van der Waals surface area (Å²) in [5, 5.41) is 16.2. The lowest BCUT2D eigenvalue weighted by Crippen LogP contribution is -2.46. The number of benzene rings is 1. The minimum absolute atomic E-state index is 0.00589. The zero-order valence-electron chi connectivity index (χ0n) is 17.3. The van der Waals surface area contributed by atoms with Crippen LogP contribution in [0.2, 0.25) is 0 Å². The van der Waals surface area contributed by atoms with Crippen molar-refractivity contribution in [1.82, 2.24) is 19.6 Å². The number of fused-ring (bicyclic) bond motifs is 2. The van der Waals surface area contributed by atoms with Crippen LogP contribution in [0.4, 0.5) is 5.82 Å². The molecule has 4 aromatic rings. The number of nitrogens with zero attached hydrogens (tertiary/aromatic N) is 5. The fourth-order valence-electron chi connectivity index (χ4n) is 4.33. The lowest BCUT2D eigenvalue weighted by Gasteiger charge is -2.38. The summed E-state index contributed by atoms with van der Waals surface area (Å²) in [5.41, 5.74) is 8.84. The zero-order chi connectivity index (χ0) is 21.6. The van der Waals surface area contributed by atoms with E-state index in [0.29, 0.717) is 25.9 Å². The second-order valence-corrected chi connectivity index (χ2v) is 8.32. The Labute approximate surface area is 179 Å². The maximum absolute atomic E-state index is 11.3. The maximum atomic E-state index is 11.3. The molecule has 0 unspecified atom stereocenters. The minimum Gasteiger partial charge on any atom is -0.389 e.